The predicted molar refractivity (Wildman–Crippen MR) is 123 cm³/mol. The smallest absolute Gasteiger partial charge is 0.220 e. The molecule has 0 bridgehead atoms. The molecular formula is C25H22FN3O2S. The van der Waals surface area contributed by atoms with E-state index in [1.807, 2.05) is 48.0 Å². The zero-order chi connectivity index (χ0) is 22.3. The van der Waals surface area contributed by atoms with Gasteiger partial charge in [-0.25, -0.2) is 9.07 Å². The molecule has 4 aromatic rings. The number of amides is 1. The molecule has 7 heteroatoms. The van der Waals surface area contributed by atoms with Crippen molar-refractivity contribution in [2.45, 2.75) is 25.8 Å². The van der Waals surface area contributed by atoms with E-state index in [0.29, 0.717) is 18.5 Å². The van der Waals surface area contributed by atoms with E-state index in [0.717, 1.165) is 21.7 Å². The van der Waals surface area contributed by atoms with Gasteiger partial charge in [-0.15, -0.1) is 11.3 Å². The highest BCUT2D eigenvalue weighted by molar-refractivity contribution is 7.12. The van der Waals surface area contributed by atoms with E-state index in [2.05, 4.69) is 10.4 Å². The van der Waals surface area contributed by atoms with Crippen molar-refractivity contribution in [2.24, 2.45) is 0 Å². The molecule has 0 radical (unpaired) electrons. The van der Waals surface area contributed by atoms with Gasteiger partial charge < -0.3 is 5.32 Å². The van der Waals surface area contributed by atoms with Gasteiger partial charge in [0, 0.05) is 36.7 Å². The second kappa shape index (κ2) is 10.2. The van der Waals surface area contributed by atoms with Gasteiger partial charge in [-0.2, -0.15) is 5.10 Å². The van der Waals surface area contributed by atoms with Gasteiger partial charge in [-0.1, -0.05) is 24.3 Å². The maximum Gasteiger partial charge on any atom is 0.220 e. The van der Waals surface area contributed by atoms with E-state index in [1.54, 1.807) is 22.9 Å². The Morgan fingerprint density at radius 3 is 2.47 bits per heavy atom. The van der Waals surface area contributed by atoms with Crippen molar-refractivity contribution in [1.29, 1.82) is 0 Å². The number of carbonyl (C=O) groups is 2. The maximum atomic E-state index is 13.4. The number of aromatic nitrogens is 2. The Morgan fingerprint density at radius 1 is 0.969 bits per heavy atom. The van der Waals surface area contributed by atoms with Crippen LogP contribution in [0.1, 0.15) is 34.5 Å². The summed E-state index contributed by atoms with van der Waals surface area (Å²) in [6.07, 6.45) is 2.99. The standard InChI is InChI=1S/C25H22FN3O2S/c26-20-13-11-18(12-14-20)25-19(17-29(28-25)21-6-2-1-3-7-21)16-27-24(31)10-4-8-22(30)23-9-5-15-32-23/h1-3,5-7,9,11-15,17H,4,8,10,16H2,(H,27,31). The first kappa shape index (κ1) is 21.6. The Labute approximate surface area is 189 Å². The summed E-state index contributed by atoms with van der Waals surface area (Å²) in [5.74, 6) is -0.375. The third-order valence-electron chi connectivity index (χ3n) is 5.01. The minimum Gasteiger partial charge on any atom is -0.352 e. The molecule has 0 aliphatic carbocycles. The quantitative estimate of drug-likeness (QED) is 0.349. The van der Waals surface area contributed by atoms with Crippen LogP contribution in [0, 0.1) is 5.82 Å². The summed E-state index contributed by atoms with van der Waals surface area (Å²) >= 11 is 1.42. The monoisotopic (exact) mass is 447 g/mol. The van der Waals surface area contributed by atoms with Crippen molar-refractivity contribution < 1.29 is 14.0 Å². The Balaban J connectivity index is 1.42. The summed E-state index contributed by atoms with van der Waals surface area (Å²) < 4.78 is 15.1. The third-order valence-corrected chi connectivity index (χ3v) is 5.92. The first-order valence-corrected chi connectivity index (χ1v) is 11.2. The zero-order valence-electron chi connectivity index (χ0n) is 17.3. The van der Waals surface area contributed by atoms with E-state index in [-0.39, 0.29) is 30.5 Å². The first-order chi connectivity index (χ1) is 15.6. The Hall–Kier alpha value is -3.58. The van der Waals surface area contributed by atoms with Crippen LogP contribution in [0.15, 0.2) is 78.3 Å². The molecule has 2 heterocycles. The van der Waals surface area contributed by atoms with Crippen molar-refractivity contribution >= 4 is 23.0 Å². The van der Waals surface area contributed by atoms with Gasteiger partial charge in [0.15, 0.2) is 5.78 Å². The van der Waals surface area contributed by atoms with Gasteiger partial charge in [0.05, 0.1) is 16.3 Å². The number of thiophene rings is 1. The van der Waals surface area contributed by atoms with E-state index in [4.69, 9.17) is 0 Å². The van der Waals surface area contributed by atoms with Crippen molar-refractivity contribution in [2.75, 3.05) is 0 Å². The summed E-state index contributed by atoms with van der Waals surface area (Å²) in [7, 11) is 0. The number of ketones is 1. The number of benzene rings is 2. The lowest BCUT2D eigenvalue weighted by Gasteiger charge is -2.06. The fraction of sp³-hybridized carbons (Fsp3) is 0.160. The minimum atomic E-state index is -0.316. The van der Waals surface area contributed by atoms with E-state index >= 15 is 0 Å². The highest BCUT2D eigenvalue weighted by Gasteiger charge is 2.14. The molecule has 0 unspecified atom stereocenters. The molecule has 2 aromatic heterocycles. The number of halogens is 1. The molecular weight excluding hydrogens is 425 g/mol. The van der Waals surface area contributed by atoms with Crippen molar-refractivity contribution in [1.82, 2.24) is 15.1 Å². The number of rotatable bonds is 9. The van der Waals surface area contributed by atoms with Crippen LogP contribution in [-0.4, -0.2) is 21.5 Å². The molecule has 1 N–H and O–H groups in total. The van der Waals surface area contributed by atoms with Crippen molar-refractivity contribution in [3.63, 3.8) is 0 Å². The topological polar surface area (TPSA) is 64.0 Å². The maximum absolute atomic E-state index is 13.4. The molecule has 5 nitrogen and oxygen atoms in total. The molecule has 32 heavy (non-hydrogen) atoms. The van der Waals surface area contributed by atoms with Gasteiger partial charge in [0.2, 0.25) is 5.91 Å². The normalized spacial score (nSPS) is 10.8. The number of para-hydroxylation sites is 1. The van der Waals surface area contributed by atoms with Crippen molar-refractivity contribution in [3.05, 3.63) is 94.6 Å². The van der Waals surface area contributed by atoms with Crippen LogP contribution in [0.2, 0.25) is 0 Å². The van der Waals surface area contributed by atoms with Crippen LogP contribution in [0.4, 0.5) is 4.39 Å². The van der Waals surface area contributed by atoms with Gasteiger partial charge in [0.25, 0.3) is 0 Å². The van der Waals surface area contributed by atoms with Gasteiger partial charge in [0.1, 0.15) is 5.82 Å². The predicted octanol–water partition coefficient (Wildman–Crippen LogP) is 5.41. The van der Waals surface area contributed by atoms with Gasteiger partial charge in [-0.05, 0) is 54.3 Å². The van der Waals surface area contributed by atoms with Gasteiger partial charge in [-0.3, -0.25) is 9.59 Å². The Kier molecular flexibility index (Phi) is 6.87. The van der Waals surface area contributed by atoms with Crippen molar-refractivity contribution in [3.8, 4) is 16.9 Å². The summed E-state index contributed by atoms with van der Waals surface area (Å²) in [4.78, 5) is 25.2. The fourth-order valence-corrected chi connectivity index (χ4v) is 4.05. The SMILES string of the molecule is O=C(CCCC(=O)c1cccs1)NCc1cn(-c2ccccc2)nc1-c1ccc(F)cc1. The second-order valence-corrected chi connectivity index (χ2v) is 8.27. The largest absolute Gasteiger partial charge is 0.352 e. The highest BCUT2D eigenvalue weighted by Crippen LogP contribution is 2.24. The number of nitrogens with zero attached hydrogens (tertiary/aromatic N) is 2. The molecule has 0 aliphatic heterocycles. The van der Waals surface area contributed by atoms with Gasteiger partial charge >= 0.3 is 0 Å². The average molecular weight is 448 g/mol. The lowest BCUT2D eigenvalue weighted by Crippen LogP contribution is -2.22. The molecule has 0 saturated carbocycles. The van der Waals surface area contributed by atoms with Crippen LogP contribution in [-0.2, 0) is 11.3 Å². The number of carbonyl (C=O) groups excluding carboxylic acids is 2. The summed E-state index contributed by atoms with van der Waals surface area (Å²) in [6.45, 7) is 0.289. The molecule has 4 rings (SSSR count). The summed E-state index contributed by atoms with van der Waals surface area (Å²) in [5.41, 5.74) is 3.16. The minimum absolute atomic E-state index is 0.0653. The zero-order valence-corrected chi connectivity index (χ0v) is 18.1. The lowest BCUT2D eigenvalue weighted by atomic mass is 10.1. The molecule has 0 spiro atoms. The third kappa shape index (κ3) is 5.36. The molecule has 0 atom stereocenters. The van der Waals surface area contributed by atoms with Crippen LogP contribution in [0.25, 0.3) is 16.9 Å². The molecule has 0 fully saturated rings. The second-order valence-electron chi connectivity index (χ2n) is 7.32. The van der Waals surface area contributed by atoms with Crippen LogP contribution in [0.3, 0.4) is 0 Å². The van der Waals surface area contributed by atoms with E-state index < -0.39 is 0 Å². The Morgan fingerprint density at radius 2 is 1.75 bits per heavy atom. The molecule has 162 valence electrons. The Bertz CT molecular complexity index is 1190. The molecule has 0 aliphatic rings. The number of Topliss-reactive ketones (excluding diaryl/α,β-unsaturated/α-hetero) is 1. The highest BCUT2D eigenvalue weighted by atomic mass is 32.1. The van der Waals surface area contributed by atoms with E-state index in [1.165, 1.54) is 23.5 Å². The fourth-order valence-electron chi connectivity index (χ4n) is 3.35. The lowest BCUT2D eigenvalue weighted by molar-refractivity contribution is -0.121. The molecule has 2 aromatic carbocycles. The summed E-state index contributed by atoms with van der Waals surface area (Å²) in [5, 5.41) is 9.46. The number of hydrogen-bond donors (Lipinski definition) is 1. The first-order valence-electron chi connectivity index (χ1n) is 10.3. The van der Waals surface area contributed by atoms with Crippen LogP contribution >= 0.6 is 11.3 Å². The molecule has 0 saturated heterocycles. The number of nitrogens with one attached hydrogen (secondary N) is 1. The van der Waals surface area contributed by atoms with E-state index in [9.17, 15) is 14.0 Å². The van der Waals surface area contributed by atoms with Crippen LogP contribution in [0.5, 0.6) is 0 Å². The average Bonchev–Trinajstić information content (AvgIpc) is 3.49. The summed E-state index contributed by atoms with van der Waals surface area (Å²) in [6, 6.07) is 19.4. The van der Waals surface area contributed by atoms with Crippen LogP contribution < -0.4 is 5.32 Å². The number of hydrogen-bond acceptors (Lipinski definition) is 4. The molecule has 1 amide bonds.